The Bertz CT molecular complexity index is 3090. The van der Waals surface area contributed by atoms with Crippen LogP contribution in [-0.4, -0.2) is 89.8 Å². The summed E-state index contributed by atoms with van der Waals surface area (Å²) in [5.41, 5.74) is 3.99. The second-order valence-electron chi connectivity index (χ2n) is 22.9. The van der Waals surface area contributed by atoms with Gasteiger partial charge in [-0.1, -0.05) is 132 Å². The van der Waals surface area contributed by atoms with Crippen LogP contribution in [0.2, 0.25) is 0 Å². The molecule has 5 aromatic carbocycles. The predicted molar refractivity (Wildman–Crippen MR) is 336 cm³/mol. The maximum atomic E-state index is 13.6. The van der Waals surface area contributed by atoms with E-state index in [0.717, 1.165) is 51.1 Å². The fourth-order valence-corrected chi connectivity index (χ4v) is 15.0. The average molecular weight is 1210 g/mol. The van der Waals surface area contributed by atoms with Crippen LogP contribution in [0.4, 0.5) is 0 Å². The third-order valence-corrected chi connectivity index (χ3v) is 21.5. The Morgan fingerprint density at radius 3 is 2.01 bits per heavy atom. The number of rotatable bonds is 29. The molecule has 18 heteroatoms. The largest absolute Gasteiger partial charge is 0.497 e. The number of aryl methyl sites for hydroxylation is 1. The van der Waals surface area contributed by atoms with E-state index < -0.39 is 43.8 Å². The van der Waals surface area contributed by atoms with Crippen molar-refractivity contribution in [1.29, 1.82) is 0 Å². The Balaban J connectivity index is 0.954. The minimum atomic E-state index is -1.74. The molecule has 4 unspecified atom stereocenters. The van der Waals surface area contributed by atoms with Gasteiger partial charge in [-0.05, 0) is 132 Å². The first kappa shape index (κ1) is 64.7. The molecule has 84 heavy (non-hydrogen) atoms. The van der Waals surface area contributed by atoms with Crippen LogP contribution < -0.4 is 26.0 Å². The number of amides is 1. The molecule has 2 fully saturated rings. The normalized spacial score (nSPS) is 17.9. The van der Waals surface area contributed by atoms with E-state index >= 15 is 0 Å². The summed E-state index contributed by atoms with van der Waals surface area (Å²) in [5.74, 6) is 1.41. The number of carbonyl (C=O) groups excluding carboxylic acids is 1. The van der Waals surface area contributed by atoms with Crippen molar-refractivity contribution in [2.75, 3.05) is 40.6 Å². The maximum absolute atomic E-state index is 13.6. The van der Waals surface area contributed by atoms with E-state index in [9.17, 15) is 14.4 Å². The van der Waals surface area contributed by atoms with Gasteiger partial charge in [-0.2, -0.15) is 0 Å². The van der Waals surface area contributed by atoms with Gasteiger partial charge >= 0.3 is 5.69 Å². The molecule has 8 rings (SSSR count). The van der Waals surface area contributed by atoms with Crippen molar-refractivity contribution in [2.45, 2.75) is 159 Å². The average Bonchev–Trinajstić information content (AvgIpc) is 1.37. The van der Waals surface area contributed by atoms with E-state index in [4.69, 9.17) is 37.5 Å². The van der Waals surface area contributed by atoms with Crippen molar-refractivity contribution in [2.24, 2.45) is 5.41 Å². The molecule has 0 saturated carbocycles. The second-order valence-corrected chi connectivity index (χ2v) is 27.2. The van der Waals surface area contributed by atoms with Crippen LogP contribution in [0.5, 0.6) is 11.5 Å². The lowest BCUT2D eigenvalue weighted by Gasteiger charge is -2.39. The number of methoxy groups -OCH3 is 2. The highest BCUT2D eigenvalue weighted by Crippen LogP contribution is 2.51. The minimum absolute atomic E-state index is 0.0154. The van der Waals surface area contributed by atoms with E-state index in [0.29, 0.717) is 62.7 Å². The smallest absolute Gasteiger partial charge is 0.330 e. The van der Waals surface area contributed by atoms with Crippen LogP contribution in [0.3, 0.4) is 0 Å². The highest BCUT2D eigenvalue weighted by atomic mass is 33.1. The third-order valence-electron chi connectivity index (χ3n) is 15.9. The highest BCUT2D eigenvalue weighted by molar-refractivity contribution is 8.77. The Hall–Kier alpha value is -5.30. The summed E-state index contributed by atoms with van der Waals surface area (Å²) in [6.45, 7) is 21.2. The summed E-state index contributed by atoms with van der Waals surface area (Å²) in [6, 6.07) is 42.3. The topological polar surface area (TPSA) is 161 Å². The van der Waals surface area contributed by atoms with Crippen molar-refractivity contribution >= 4 is 36.0 Å². The molecule has 0 aliphatic carbocycles. The van der Waals surface area contributed by atoms with E-state index in [1.165, 1.54) is 4.57 Å². The van der Waals surface area contributed by atoms with Gasteiger partial charge in [0.2, 0.25) is 5.91 Å². The first-order chi connectivity index (χ1) is 40.4. The Morgan fingerprint density at radius 2 is 1.42 bits per heavy atom. The molecule has 0 spiro atoms. The number of nitrogens with one attached hydrogen (secondary N) is 2. The fraction of sp³-hybridized carbons (Fsp3) is 0.470. The SMILES string of the molecule is CCC1(CC)COC(c2ccc(CNC(=O)CCC(C)(C)SSc3ccccc3CCOP(OC3CC(n4cc(C)c(=O)[nH]c4=O)OC3COC(c3ccccc3)(c3ccc(OC)cc3)c3ccc(OC)cc3)N(C(C)C)C(C)C)cc2)OC1. The van der Waals surface area contributed by atoms with Crippen LogP contribution in [0.25, 0.3) is 0 Å². The summed E-state index contributed by atoms with van der Waals surface area (Å²) < 4.78 is 55.5. The van der Waals surface area contributed by atoms with Crippen molar-refractivity contribution in [3.8, 4) is 11.5 Å². The molecule has 4 atom stereocenters. The summed E-state index contributed by atoms with van der Waals surface area (Å²) in [4.78, 5) is 43.0. The van der Waals surface area contributed by atoms with Crippen LogP contribution in [-0.2, 0) is 51.4 Å². The van der Waals surface area contributed by atoms with E-state index in [2.05, 4.69) is 94.6 Å². The molecule has 2 N–H and O–H groups in total. The van der Waals surface area contributed by atoms with Gasteiger partial charge in [-0.25, -0.2) is 9.46 Å². The van der Waals surface area contributed by atoms with Crippen molar-refractivity contribution in [1.82, 2.24) is 19.5 Å². The monoisotopic (exact) mass is 1200 g/mol. The number of H-pyrrole nitrogens is 1. The molecule has 0 radical (unpaired) electrons. The van der Waals surface area contributed by atoms with Crippen LogP contribution in [0.15, 0.2) is 148 Å². The summed E-state index contributed by atoms with van der Waals surface area (Å²) >= 11 is 0. The molecule has 2 aliphatic rings. The highest BCUT2D eigenvalue weighted by Gasteiger charge is 2.45. The van der Waals surface area contributed by atoms with E-state index in [1.807, 2.05) is 103 Å². The standard InChI is InChI=1S/C66H85N4O11PS2/c1-12-65(13-2)43-76-62(77-44-65)50-25-23-48(24-26-50)40-67-59(71)35-37-64(8,9)84-83-58-22-18-17-19-49(58)36-38-79-82(70(45(3)4)46(5)6)81-56-39-60(69-41-47(7)61(72)68-63(69)73)80-57(56)42-78-66(51-20-15-14-16-21-51,52-27-31-54(74-10)32-28-52)53-29-33-55(75-11)34-30-53/h14-34,41,45-46,56-57,60,62H,12-13,35-40,42-44H2,1-11H3,(H,67,71)(H,68,72,73). The number of carbonyl (C=O) groups is 1. The van der Waals surface area contributed by atoms with Gasteiger partial charge in [0.25, 0.3) is 14.1 Å². The fourth-order valence-electron chi connectivity index (χ4n) is 10.6. The number of hydrogen-bond donors (Lipinski definition) is 2. The molecule has 1 amide bonds. The number of ether oxygens (including phenoxy) is 6. The zero-order valence-electron chi connectivity index (χ0n) is 50.6. The molecule has 1 aromatic heterocycles. The number of nitrogens with zero attached hydrogens (tertiary/aromatic N) is 2. The number of hydrogen-bond acceptors (Lipinski definition) is 14. The summed E-state index contributed by atoms with van der Waals surface area (Å²) in [5, 5.41) is 3.12. The zero-order chi connectivity index (χ0) is 60.0. The van der Waals surface area contributed by atoms with Gasteiger partial charge in [0, 0.05) is 63.9 Å². The Morgan fingerprint density at radius 1 is 0.821 bits per heavy atom. The zero-order valence-corrected chi connectivity index (χ0v) is 53.1. The quantitative estimate of drug-likeness (QED) is 0.0259. The second kappa shape index (κ2) is 29.9. The molecule has 2 saturated heterocycles. The Labute approximate surface area is 505 Å². The van der Waals surface area contributed by atoms with Gasteiger partial charge in [0.1, 0.15) is 29.4 Å². The van der Waals surface area contributed by atoms with Crippen LogP contribution in [0, 0.1) is 12.3 Å². The third kappa shape index (κ3) is 16.2. The first-order valence-corrected chi connectivity index (χ1v) is 32.5. The van der Waals surface area contributed by atoms with Crippen molar-refractivity contribution in [3.05, 3.63) is 193 Å². The van der Waals surface area contributed by atoms with E-state index in [-0.39, 0.29) is 47.5 Å². The molecule has 3 heterocycles. The predicted octanol–water partition coefficient (Wildman–Crippen LogP) is 13.6. The van der Waals surface area contributed by atoms with Gasteiger partial charge in [0.05, 0.1) is 46.8 Å². The maximum Gasteiger partial charge on any atom is 0.330 e. The molecule has 6 aromatic rings. The molecule has 15 nitrogen and oxygen atoms in total. The number of aromatic nitrogens is 2. The van der Waals surface area contributed by atoms with Crippen LogP contribution in [0.1, 0.15) is 139 Å². The molecule has 0 bridgehead atoms. The summed E-state index contributed by atoms with van der Waals surface area (Å²) in [6.07, 6.45) is 3.06. The summed E-state index contributed by atoms with van der Waals surface area (Å²) in [7, 11) is 5.03. The number of benzene rings is 5. The first-order valence-electron chi connectivity index (χ1n) is 29.3. The van der Waals surface area contributed by atoms with Crippen LogP contribution >= 0.6 is 30.1 Å². The molecular formula is C66H85N4O11PS2. The minimum Gasteiger partial charge on any atom is -0.497 e. The van der Waals surface area contributed by atoms with Gasteiger partial charge in [0.15, 0.2) is 6.29 Å². The van der Waals surface area contributed by atoms with Gasteiger partial charge in [-0.15, -0.1) is 0 Å². The molecule has 452 valence electrons. The number of aromatic amines is 1. The Kier molecular flexibility index (Phi) is 23.0. The van der Waals surface area contributed by atoms with E-state index in [1.54, 1.807) is 48.9 Å². The van der Waals surface area contributed by atoms with Gasteiger partial charge in [-0.3, -0.25) is 19.1 Å². The molecule has 2 aliphatic heterocycles. The lowest BCUT2D eigenvalue weighted by Crippen LogP contribution is -2.39. The molecular weight excluding hydrogens is 1120 g/mol. The lowest BCUT2D eigenvalue weighted by atomic mass is 9.80. The van der Waals surface area contributed by atoms with Crippen molar-refractivity contribution < 1.29 is 42.3 Å². The van der Waals surface area contributed by atoms with Gasteiger partial charge < -0.3 is 42.8 Å². The van der Waals surface area contributed by atoms with Crippen molar-refractivity contribution in [3.63, 3.8) is 0 Å². The lowest BCUT2D eigenvalue weighted by molar-refractivity contribution is -0.235.